The van der Waals surface area contributed by atoms with Gasteiger partial charge in [0.25, 0.3) is 0 Å². The molecule has 2 nitrogen and oxygen atoms in total. The van der Waals surface area contributed by atoms with E-state index in [2.05, 4.69) is 0 Å². The minimum Gasteiger partial charge on any atom is -0.461 e. The minimum atomic E-state index is 0.530. The summed E-state index contributed by atoms with van der Waals surface area (Å²) in [6.45, 7) is 0. The zero-order chi connectivity index (χ0) is 8.39. The van der Waals surface area contributed by atoms with E-state index in [0.29, 0.717) is 11.7 Å². The summed E-state index contributed by atoms with van der Waals surface area (Å²) in [6.07, 6.45) is 7.41. The van der Waals surface area contributed by atoms with E-state index < -0.39 is 0 Å². The summed E-state index contributed by atoms with van der Waals surface area (Å²) in [5.41, 5.74) is 1.11. The molecule has 1 heterocycles. The van der Waals surface area contributed by atoms with Crippen molar-refractivity contribution >= 4 is 6.29 Å². The Kier molecular flexibility index (Phi) is 1.98. The van der Waals surface area contributed by atoms with E-state index in [1.54, 1.807) is 6.26 Å². The topological polar surface area (TPSA) is 30.2 Å². The molecule has 0 spiro atoms. The summed E-state index contributed by atoms with van der Waals surface area (Å²) in [5.74, 6) is 1.10. The molecule has 0 saturated heterocycles. The van der Waals surface area contributed by atoms with Crippen LogP contribution in [0.25, 0.3) is 0 Å². The third kappa shape index (κ3) is 1.17. The first-order chi connectivity index (χ1) is 5.92. The van der Waals surface area contributed by atoms with Crippen LogP contribution in [0, 0.1) is 0 Å². The molecule has 0 bridgehead atoms. The monoisotopic (exact) mass is 164 g/mol. The largest absolute Gasteiger partial charge is 0.461 e. The molecule has 0 aromatic carbocycles. The van der Waals surface area contributed by atoms with Gasteiger partial charge in [0.15, 0.2) is 12.0 Å². The molecule has 1 aromatic rings. The maximum Gasteiger partial charge on any atom is 0.185 e. The smallest absolute Gasteiger partial charge is 0.185 e. The predicted octanol–water partition coefficient (Wildman–Crippen LogP) is 2.75. The second kappa shape index (κ2) is 3.13. The van der Waals surface area contributed by atoms with Crippen LogP contribution in [0.4, 0.5) is 0 Å². The SMILES string of the molecule is O=Cc1occc1C1CCCC1. The van der Waals surface area contributed by atoms with Crippen LogP contribution in [-0.2, 0) is 0 Å². The fourth-order valence-electron chi connectivity index (χ4n) is 2.00. The van der Waals surface area contributed by atoms with Crippen molar-refractivity contribution in [2.75, 3.05) is 0 Å². The molecule has 64 valence electrons. The van der Waals surface area contributed by atoms with Crippen LogP contribution in [0.5, 0.6) is 0 Å². The summed E-state index contributed by atoms with van der Waals surface area (Å²) in [5, 5.41) is 0. The lowest BCUT2D eigenvalue weighted by molar-refractivity contribution is 0.109. The Morgan fingerprint density at radius 1 is 1.42 bits per heavy atom. The molecular formula is C10H12O2. The van der Waals surface area contributed by atoms with Gasteiger partial charge in [0.05, 0.1) is 6.26 Å². The molecule has 0 aliphatic heterocycles. The van der Waals surface area contributed by atoms with Gasteiger partial charge >= 0.3 is 0 Å². The van der Waals surface area contributed by atoms with Gasteiger partial charge in [-0.3, -0.25) is 4.79 Å². The Labute approximate surface area is 71.6 Å². The van der Waals surface area contributed by atoms with Crippen LogP contribution < -0.4 is 0 Å². The second-order valence-electron chi connectivity index (χ2n) is 3.34. The predicted molar refractivity (Wildman–Crippen MR) is 45.3 cm³/mol. The van der Waals surface area contributed by atoms with Crippen LogP contribution in [0.3, 0.4) is 0 Å². The summed E-state index contributed by atoms with van der Waals surface area (Å²) >= 11 is 0. The number of carbonyl (C=O) groups is 1. The van der Waals surface area contributed by atoms with Crippen molar-refractivity contribution in [3.05, 3.63) is 23.7 Å². The standard InChI is InChI=1S/C10H12O2/c11-7-10-9(5-6-12-10)8-3-1-2-4-8/h5-8H,1-4H2. The number of hydrogen-bond donors (Lipinski definition) is 0. The van der Waals surface area contributed by atoms with Crippen LogP contribution >= 0.6 is 0 Å². The van der Waals surface area contributed by atoms with E-state index in [4.69, 9.17) is 4.42 Å². The zero-order valence-electron chi connectivity index (χ0n) is 6.95. The molecule has 0 amide bonds. The summed E-state index contributed by atoms with van der Waals surface area (Å²) in [7, 11) is 0. The molecule has 2 heteroatoms. The molecule has 0 radical (unpaired) electrons. The van der Waals surface area contributed by atoms with E-state index in [9.17, 15) is 4.79 Å². The number of carbonyl (C=O) groups excluding carboxylic acids is 1. The number of rotatable bonds is 2. The molecule has 0 atom stereocenters. The molecule has 1 saturated carbocycles. The highest BCUT2D eigenvalue weighted by molar-refractivity contribution is 5.73. The molecule has 0 N–H and O–H groups in total. The van der Waals surface area contributed by atoms with E-state index in [-0.39, 0.29) is 0 Å². The van der Waals surface area contributed by atoms with Crippen LogP contribution in [0.2, 0.25) is 0 Å². The minimum absolute atomic E-state index is 0.530. The van der Waals surface area contributed by atoms with Crippen molar-refractivity contribution in [1.82, 2.24) is 0 Å². The lowest BCUT2D eigenvalue weighted by Crippen LogP contribution is -1.93. The first-order valence-corrected chi connectivity index (χ1v) is 4.44. The van der Waals surface area contributed by atoms with Gasteiger partial charge in [-0.2, -0.15) is 0 Å². The fraction of sp³-hybridized carbons (Fsp3) is 0.500. The van der Waals surface area contributed by atoms with Crippen LogP contribution in [-0.4, -0.2) is 6.29 Å². The van der Waals surface area contributed by atoms with Gasteiger partial charge in [-0.15, -0.1) is 0 Å². The Morgan fingerprint density at radius 3 is 2.83 bits per heavy atom. The molecule has 1 aliphatic carbocycles. The Morgan fingerprint density at radius 2 is 2.17 bits per heavy atom. The van der Waals surface area contributed by atoms with Gasteiger partial charge < -0.3 is 4.42 Å². The fourth-order valence-corrected chi connectivity index (χ4v) is 2.00. The van der Waals surface area contributed by atoms with E-state index in [1.807, 2.05) is 6.07 Å². The normalized spacial score (nSPS) is 18.3. The van der Waals surface area contributed by atoms with Gasteiger partial charge in [-0.25, -0.2) is 0 Å². The van der Waals surface area contributed by atoms with Crippen molar-refractivity contribution < 1.29 is 9.21 Å². The van der Waals surface area contributed by atoms with Gasteiger partial charge in [0.2, 0.25) is 0 Å². The first-order valence-electron chi connectivity index (χ1n) is 4.44. The first kappa shape index (κ1) is 7.59. The van der Waals surface area contributed by atoms with E-state index >= 15 is 0 Å². The third-order valence-electron chi connectivity index (χ3n) is 2.63. The van der Waals surface area contributed by atoms with Crippen molar-refractivity contribution in [1.29, 1.82) is 0 Å². The van der Waals surface area contributed by atoms with Gasteiger partial charge in [-0.05, 0) is 24.8 Å². The molecule has 1 aromatic heterocycles. The Hall–Kier alpha value is -1.05. The van der Waals surface area contributed by atoms with Gasteiger partial charge in [0.1, 0.15) is 0 Å². The van der Waals surface area contributed by atoms with Crippen molar-refractivity contribution in [3.8, 4) is 0 Å². The highest BCUT2D eigenvalue weighted by Crippen LogP contribution is 2.35. The zero-order valence-corrected chi connectivity index (χ0v) is 6.95. The lowest BCUT2D eigenvalue weighted by Gasteiger charge is -2.05. The molecule has 2 rings (SSSR count). The van der Waals surface area contributed by atoms with Crippen molar-refractivity contribution in [3.63, 3.8) is 0 Å². The average molecular weight is 164 g/mol. The summed E-state index contributed by atoms with van der Waals surface area (Å²) in [6, 6.07) is 1.93. The van der Waals surface area contributed by atoms with Crippen molar-refractivity contribution in [2.24, 2.45) is 0 Å². The molecule has 1 fully saturated rings. The molecular weight excluding hydrogens is 152 g/mol. The van der Waals surface area contributed by atoms with E-state index in [0.717, 1.165) is 11.8 Å². The molecule has 0 unspecified atom stereocenters. The van der Waals surface area contributed by atoms with Crippen LogP contribution in [0.15, 0.2) is 16.7 Å². The quantitative estimate of drug-likeness (QED) is 0.629. The average Bonchev–Trinajstić information content (AvgIpc) is 2.74. The van der Waals surface area contributed by atoms with Gasteiger partial charge in [-0.1, -0.05) is 12.8 Å². The molecule has 12 heavy (non-hydrogen) atoms. The number of furan rings is 1. The summed E-state index contributed by atoms with van der Waals surface area (Å²) in [4.78, 5) is 10.6. The van der Waals surface area contributed by atoms with Crippen LogP contribution in [0.1, 0.15) is 47.7 Å². The lowest BCUT2D eigenvalue weighted by atomic mass is 9.98. The highest BCUT2D eigenvalue weighted by Gasteiger charge is 2.21. The third-order valence-corrected chi connectivity index (χ3v) is 2.63. The maximum absolute atomic E-state index is 10.6. The highest BCUT2D eigenvalue weighted by atomic mass is 16.3. The molecule has 1 aliphatic rings. The second-order valence-corrected chi connectivity index (χ2v) is 3.34. The van der Waals surface area contributed by atoms with Crippen molar-refractivity contribution in [2.45, 2.75) is 31.6 Å². The Bertz CT molecular complexity index is 269. The Balaban J connectivity index is 2.25. The summed E-state index contributed by atoms with van der Waals surface area (Å²) < 4.78 is 5.06. The number of hydrogen-bond acceptors (Lipinski definition) is 2. The maximum atomic E-state index is 10.6. The van der Waals surface area contributed by atoms with E-state index in [1.165, 1.54) is 25.7 Å². The number of aldehydes is 1. The van der Waals surface area contributed by atoms with Gasteiger partial charge in [0, 0.05) is 5.56 Å².